The maximum Gasteiger partial charge on any atom is 1.00 e. The third kappa shape index (κ3) is 15.5. The zero-order chi connectivity index (χ0) is 55.6. The van der Waals surface area contributed by atoms with Gasteiger partial charge in [0.25, 0.3) is 64.1 Å². The van der Waals surface area contributed by atoms with E-state index in [1.807, 2.05) is 0 Å². The van der Waals surface area contributed by atoms with Crippen LogP contribution in [0.2, 0.25) is 0 Å². The fourth-order valence-electron chi connectivity index (χ4n) is 7.98. The first-order valence-electron chi connectivity index (χ1n) is 21.4. The van der Waals surface area contributed by atoms with Gasteiger partial charge >= 0.3 is 124 Å². The second kappa shape index (κ2) is 25.8. The number of nitrogens with zero attached hydrogens (tertiary/aromatic N) is 4. The Bertz CT molecular complexity index is 4060. The molecule has 0 saturated heterocycles. The van der Waals surface area contributed by atoms with Crippen molar-refractivity contribution >= 4 is 126 Å². The van der Waals surface area contributed by atoms with E-state index < -0.39 is 89.7 Å². The summed E-state index contributed by atoms with van der Waals surface area (Å²) in [4.78, 5) is 63.4. The van der Waals surface area contributed by atoms with Crippen molar-refractivity contribution in [3.63, 3.8) is 0 Å². The van der Waals surface area contributed by atoms with Gasteiger partial charge in [0, 0.05) is 75.1 Å². The average Bonchev–Trinajstić information content (AvgIpc) is 4.08. The van der Waals surface area contributed by atoms with E-state index in [4.69, 9.17) is 0 Å². The van der Waals surface area contributed by atoms with Crippen LogP contribution in [0.25, 0.3) is 21.5 Å². The number of hydrogen-bond acceptors (Lipinski definition) is 13. The molecule has 0 unspecified atom stereocenters. The van der Waals surface area contributed by atoms with Crippen molar-refractivity contribution < 1.29 is 200 Å². The van der Waals surface area contributed by atoms with Crippen LogP contribution in [0, 0.1) is 0 Å². The largest absolute Gasteiger partial charge is 1.00 e. The van der Waals surface area contributed by atoms with Crippen molar-refractivity contribution in [1.82, 2.24) is 18.3 Å². The molecule has 8 aromatic rings. The van der Waals surface area contributed by atoms with Gasteiger partial charge < -0.3 is 55.9 Å². The third-order valence-corrected chi connectivity index (χ3v) is 14.9. The van der Waals surface area contributed by atoms with Crippen LogP contribution >= 0.6 is 0 Å². The maximum absolute atomic E-state index is 13.4. The number of carbonyl (C=O) groups excluding carboxylic acids is 5. The predicted octanol–water partition coefficient (Wildman–Crippen LogP) is -6.55. The molecule has 0 fully saturated rings. The number of urea groups is 1. The molecule has 35 heteroatoms. The molecule has 0 bridgehead atoms. The molecule has 4 aromatic heterocycles. The number of rotatable bonds is 14. The molecule has 0 saturated carbocycles. The third-order valence-electron chi connectivity index (χ3n) is 11.4. The number of nitrogens with one attached hydrogen (secondary N) is 6. The molecule has 10 N–H and O–H groups in total. The molecule has 0 atom stereocenters. The molecule has 0 spiro atoms. The summed E-state index contributed by atoms with van der Waals surface area (Å²) in [5.74, 6) is -2.70. The van der Waals surface area contributed by atoms with Crippen molar-refractivity contribution in [3.8, 4) is 0 Å². The molecule has 27 nitrogen and oxygen atoms in total. The minimum atomic E-state index is -5.00. The van der Waals surface area contributed by atoms with Gasteiger partial charge in [-0.25, -0.2) is 4.79 Å². The SMILES string of the molecule is Cn1cc(NC(=O)Nc2cc(C(=O)Nc3cc(C(=O)Nc4ccc5cc(S(=O)(=O)O)cc(S(=O)(=O)O)c5c4)n(C)c3)n(C)c2)cc1C(=O)Nc1cc(C(=O)Nc2ccc3cc(S(=O)(=O)O)cc(S(=O)(=O)O)c3c2)n(C)c1.[H-].[H-].[H-].[H-].[Na+].[Na+].[Na+].[Na+]. The van der Waals surface area contributed by atoms with E-state index in [0.29, 0.717) is 12.1 Å². The predicted molar refractivity (Wildman–Crippen MR) is 278 cm³/mol. The van der Waals surface area contributed by atoms with Crippen molar-refractivity contribution in [3.05, 3.63) is 132 Å². The molecule has 0 aliphatic carbocycles. The normalized spacial score (nSPS) is 11.5. The van der Waals surface area contributed by atoms with Gasteiger partial charge in [0.15, 0.2) is 0 Å². The summed E-state index contributed by atoms with van der Waals surface area (Å²) >= 11 is 0. The molecule has 4 heterocycles. The standard InChI is InChI=1S/C45H40N10O17S4.4Na.4H/c1-52-19-27(13-35(52)41(56)46-25-7-5-23-9-31(73(61,62)63)17-39(33(23)11-25)75(67,68)69)48-43(58)37-15-29(21-54(37)3)50-45(60)51-30-16-38(55(4)22-30)44(59)49-28-14-36(53(2)20-28)42(57)47-26-8-6-24-10-32(74(64,65)66)18-40(34(24)12-26)76(70,71)72;;;;;;;;/h5-22H,1-4H3,(H,46,56)(H,47,57)(H,48,58)(H,49,59)(H2,50,51,60)(H,61,62,63)(H,64,65,66)(H,67,68,69)(H,70,71,72);;;;;;;;/q;4*+1;4*-1. The summed E-state index contributed by atoms with van der Waals surface area (Å²) in [5, 5.41) is 15.4. The Morgan fingerprint density at radius 3 is 0.887 bits per heavy atom. The van der Waals surface area contributed by atoms with E-state index in [1.54, 1.807) is 0 Å². The number of benzene rings is 4. The molecular formula is C45H44N10Na4O17S4. The Labute approximate surface area is 549 Å². The van der Waals surface area contributed by atoms with E-state index in [0.717, 1.165) is 12.1 Å². The second-order valence-corrected chi connectivity index (χ2v) is 22.5. The van der Waals surface area contributed by atoms with Crippen molar-refractivity contribution in [2.75, 3.05) is 31.9 Å². The first-order chi connectivity index (χ1) is 35.3. The van der Waals surface area contributed by atoms with Gasteiger partial charge in [-0.2, -0.15) is 33.7 Å². The van der Waals surface area contributed by atoms with Crippen molar-refractivity contribution in [2.45, 2.75) is 19.6 Å². The van der Waals surface area contributed by atoms with E-state index >= 15 is 0 Å². The Kier molecular flexibility index (Phi) is 21.9. The first kappa shape index (κ1) is 67.8. The Hall–Kier alpha value is -4.69. The van der Waals surface area contributed by atoms with Gasteiger partial charge in [0.05, 0.1) is 32.5 Å². The number of anilines is 6. The number of amides is 6. The van der Waals surface area contributed by atoms with E-state index in [-0.39, 0.29) is 202 Å². The molecule has 0 radical (unpaired) electrons. The summed E-state index contributed by atoms with van der Waals surface area (Å²) < 4.78 is 139. The second-order valence-electron chi connectivity index (χ2n) is 16.9. The van der Waals surface area contributed by atoms with Gasteiger partial charge in [-0.1, -0.05) is 12.1 Å². The van der Waals surface area contributed by atoms with Crippen LogP contribution < -0.4 is 150 Å². The van der Waals surface area contributed by atoms with Gasteiger partial charge in [-0.15, -0.1) is 0 Å². The van der Waals surface area contributed by atoms with Crippen molar-refractivity contribution in [1.29, 1.82) is 0 Å². The fourth-order valence-corrected chi connectivity index (χ4v) is 10.7. The Morgan fingerprint density at radius 2 is 0.625 bits per heavy atom. The van der Waals surface area contributed by atoms with Crippen LogP contribution in [-0.4, -0.2) is 99.8 Å². The van der Waals surface area contributed by atoms with E-state index in [2.05, 4.69) is 31.9 Å². The molecule has 80 heavy (non-hydrogen) atoms. The smallest absolute Gasteiger partial charge is 1.00 e. The molecule has 0 aliphatic heterocycles. The monoisotopic (exact) mass is 1220 g/mol. The minimum Gasteiger partial charge on any atom is -1.00 e. The maximum atomic E-state index is 13.4. The van der Waals surface area contributed by atoms with Gasteiger partial charge in [-0.05, 0) is 83.6 Å². The van der Waals surface area contributed by atoms with Crippen LogP contribution in [0.3, 0.4) is 0 Å². The van der Waals surface area contributed by atoms with Gasteiger partial charge in [0.2, 0.25) is 0 Å². The van der Waals surface area contributed by atoms with E-state index in [9.17, 15) is 75.9 Å². The zero-order valence-electron chi connectivity index (χ0n) is 47.4. The fraction of sp³-hybridized carbons (Fsp3) is 0.0889. The van der Waals surface area contributed by atoms with Crippen LogP contribution in [0.1, 0.15) is 47.7 Å². The Morgan fingerprint density at radius 1 is 0.362 bits per heavy atom. The number of carbonyl (C=O) groups is 5. The average molecular weight is 1220 g/mol. The topological polar surface area (TPSA) is 395 Å². The molecule has 8 rings (SSSR count). The minimum absolute atomic E-state index is 0. The summed E-state index contributed by atoms with van der Waals surface area (Å²) in [6.07, 6.45) is 5.76. The van der Waals surface area contributed by atoms with E-state index in [1.165, 1.54) is 132 Å². The number of aromatic nitrogens is 4. The summed E-state index contributed by atoms with van der Waals surface area (Å²) in [6, 6.07) is 15.3. The Balaban J connectivity index is 0.00000861. The zero-order valence-corrected chi connectivity index (χ0v) is 54.7. The summed E-state index contributed by atoms with van der Waals surface area (Å²) in [7, 11) is -13.6. The van der Waals surface area contributed by atoms with Gasteiger partial charge in [0.1, 0.15) is 32.6 Å². The summed E-state index contributed by atoms with van der Waals surface area (Å²) in [6.45, 7) is 0. The molecule has 0 aliphatic rings. The van der Waals surface area contributed by atoms with Crippen LogP contribution in [0.4, 0.5) is 38.9 Å². The molecule has 4 aromatic carbocycles. The van der Waals surface area contributed by atoms with Crippen LogP contribution in [-0.2, 0) is 68.7 Å². The number of hydrogen-bond donors (Lipinski definition) is 10. The van der Waals surface area contributed by atoms with Crippen LogP contribution in [0.5, 0.6) is 0 Å². The molecule has 404 valence electrons. The quantitative estimate of drug-likeness (QED) is 0.0357. The van der Waals surface area contributed by atoms with Crippen LogP contribution in [0.15, 0.2) is 129 Å². The van der Waals surface area contributed by atoms with Gasteiger partial charge in [-0.3, -0.25) is 37.4 Å². The number of fused-ring (bicyclic) bond motifs is 2. The summed E-state index contributed by atoms with van der Waals surface area (Å²) in [5.41, 5.74) is 1.05. The number of aryl methyl sites for hydroxylation is 4. The molecule has 6 amide bonds. The first-order valence-corrected chi connectivity index (χ1v) is 27.1. The molecular weight excluding hydrogens is 1170 g/mol. The van der Waals surface area contributed by atoms with Crippen molar-refractivity contribution in [2.24, 2.45) is 28.2 Å².